The molecule has 0 atom stereocenters. The monoisotopic (exact) mass is 345 g/mol. The summed E-state index contributed by atoms with van der Waals surface area (Å²) >= 11 is 0. The van der Waals surface area contributed by atoms with Gasteiger partial charge >= 0.3 is 7.60 Å². The van der Waals surface area contributed by atoms with Gasteiger partial charge in [-0.1, -0.05) is 20.8 Å². The summed E-state index contributed by atoms with van der Waals surface area (Å²) in [5, 5.41) is 2.56. The minimum atomic E-state index is -3.73. The van der Waals surface area contributed by atoms with Gasteiger partial charge in [-0.2, -0.15) is 0 Å². The first-order chi connectivity index (χ1) is 10.5. The second-order valence-corrected chi connectivity index (χ2v) is 8.17. The maximum absolute atomic E-state index is 14.4. The summed E-state index contributed by atoms with van der Waals surface area (Å²) in [5.41, 5.74) is -0.317. The van der Waals surface area contributed by atoms with E-state index in [1.807, 2.05) is 0 Å². The van der Waals surface area contributed by atoms with Gasteiger partial charge in [-0.15, -0.1) is 0 Å². The van der Waals surface area contributed by atoms with Crippen molar-refractivity contribution in [2.45, 2.75) is 41.5 Å². The predicted molar refractivity (Wildman–Crippen MR) is 89.7 cm³/mol. The Labute approximate surface area is 137 Å². The Morgan fingerprint density at radius 1 is 1.22 bits per heavy atom. The van der Waals surface area contributed by atoms with E-state index in [-0.39, 0.29) is 30.1 Å². The Morgan fingerprint density at radius 3 is 2.17 bits per heavy atom. The fourth-order valence-electron chi connectivity index (χ4n) is 1.88. The number of rotatable bonds is 6. The number of hydrogen-bond acceptors (Lipinski definition) is 4. The van der Waals surface area contributed by atoms with Crippen LogP contribution in [0.1, 0.15) is 40.2 Å². The highest BCUT2D eigenvalue weighted by atomic mass is 31.2. The first-order valence-corrected chi connectivity index (χ1v) is 9.10. The summed E-state index contributed by atoms with van der Waals surface area (Å²) in [5.74, 6) is -1.06. The van der Waals surface area contributed by atoms with E-state index >= 15 is 0 Å². The Hall–Kier alpha value is -1.23. The quantitative estimate of drug-likeness (QED) is 0.791. The van der Waals surface area contributed by atoms with Crippen molar-refractivity contribution in [2.75, 3.05) is 18.5 Å². The molecule has 0 aliphatic heterocycles. The smallest absolute Gasteiger partial charge is 0.322 e. The zero-order valence-electron chi connectivity index (χ0n) is 14.5. The van der Waals surface area contributed by atoms with Crippen LogP contribution in [-0.4, -0.2) is 19.1 Å². The fraction of sp³-hybridized carbons (Fsp3) is 0.562. The second kappa shape index (κ2) is 7.56. The summed E-state index contributed by atoms with van der Waals surface area (Å²) in [6, 6.07) is 2.79. The zero-order chi connectivity index (χ0) is 17.8. The molecule has 0 radical (unpaired) electrons. The third-order valence-corrected chi connectivity index (χ3v) is 5.17. The standard InChI is InChI=1S/C16H25FNO4P/c1-7-21-23(20,22-8-2)13-10-11(3)9-12(17)14(13)18-15(19)16(4,5)6/h9-10H,7-8H2,1-6H3,(H,18,19). The molecule has 0 saturated carbocycles. The molecule has 0 aliphatic rings. The van der Waals surface area contributed by atoms with Crippen molar-refractivity contribution >= 4 is 24.5 Å². The minimum absolute atomic E-state index is 0.0382. The lowest BCUT2D eigenvalue weighted by molar-refractivity contribution is -0.123. The van der Waals surface area contributed by atoms with Gasteiger partial charge in [-0.25, -0.2) is 4.39 Å². The lowest BCUT2D eigenvalue weighted by Gasteiger charge is -2.23. The van der Waals surface area contributed by atoms with Crippen molar-refractivity contribution in [3.8, 4) is 0 Å². The molecule has 1 N–H and O–H groups in total. The molecule has 0 bridgehead atoms. The molecule has 1 aromatic carbocycles. The van der Waals surface area contributed by atoms with Crippen LogP contribution >= 0.6 is 7.60 Å². The molecule has 0 saturated heterocycles. The first-order valence-electron chi connectivity index (χ1n) is 7.56. The summed E-state index contributed by atoms with van der Waals surface area (Å²) < 4.78 is 38.0. The van der Waals surface area contributed by atoms with E-state index in [9.17, 15) is 13.8 Å². The molecule has 1 amide bonds. The summed E-state index contributed by atoms with van der Waals surface area (Å²) in [6.07, 6.45) is 0. The van der Waals surface area contributed by atoms with Gasteiger partial charge in [0, 0.05) is 5.41 Å². The SMILES string of the molecule is CCOP(=O)(OCC)c1cc(C)cc(F)c1NC(=O)C(C)(C)C. The summed E-state index contributed by atoms with van der Waals surface area (Å²) in [4.78, 5) is 12.2. The number of carbonyl (C=O) groups excluding carboxylic acids is 1. The number of amides is 1. The molecule has 0 spiro atoms. The molecule has 23 heavy (non-hydrogen) atoms. The third-order valence-electron chi connectivity index (χ3n) is 3.03. The molecule has 1 rings (SSSR count). The minimum Gasteiger partial charge on any atom is -0.322 e. The van der Waals surface area contributed by atoms with Crippen molar-refractivity contribution < 1.29 is 22.8 Å². The number of aryl methyl sites for hydroxylation is 1. The van der Waals surface area contributed by atoms with Gasteiger partial charge in [0.1, 0.15) is 5.82 Å². The summed E-state index contributed by atoms with van der Waals surface area (Å²) in [6.45, 7) is 10.4. The van der Waals surface area contributed by atoms with E-state index in [0.29, 0.717) is 5.56 Å². The van der Waals surface area contributed by atoms with Gasteiger partial charge in [-0.05, 0) is 38.5 Å². The van der Waals surface area contributed by atoms with Crippen LogP contribution in [0.15, 0.2) is 12.1 Å². The molecule has 1 aromatic rings. The Kier molecular flexibility index (Phi) is 6.51. The number of hydrogen-bond donors (Lipinski definition) is 1. The maximum Gasteiger partial charge on any atom is 0.363 e. The van der Waals surface area contributed by atoms with E-state index < -0.39 is 18.8 Å². The first kappa shape index (κ1) is 19.8. The van der Waals surface area contributed by atoms with Crippen molar-refractivity contribution in [3.63, 3.8) is 0 Å². The van der Waals surface area contributed by atoms with Crippen LogP contribution in [0.2, 0.25) is 0 Å². The summed E-state index contributed by atoms with van der Waals surface area (Å²) in [7, 11) is -3.73. The Morgan fingerprint density at radius 2 is 1.74 bits per heavy atom. The van der Waals surface area contributed by atoms with E-state index in [2.05, 4.69) is 5.32 Å². The van der Waals surface area contributed by atoms with E-state index in [4.69, 9.17) is 9.05 Å². The van der Waals surface area contributed by atoms with E-state index in [1.165, 1.54) is 12.1 Å². The predicted octanol–water partition coefficient (Wildman–Crippen LogP) is 4.01. The topological polar surface area (TPSA) is 64.6 Å². The van der Waals surface area contributed by atoms with Crippen LogP contribution in [0.5, 0.6) is 0 Å². The second-order valence-electron chi connectivity index (χ2n) is 6.18. The van der Waals surface area contributed by atoms with Crippen molar-refractivity contribution in [1.82, 2.24) is 0 Å². The van der Waals surface area contributed by atoms with E-state index in [1.54, 1.807) is 41.5 Å². The highest BCUT2D eigenvalue weighted by Crippen LogP contribution is 2.49. The number of anilines is 1. The van der Waals surface area contributed by atoms with Gasteiger partial charge in [0.2, 0.25) is 5.91 Å². The van der Waals surface area contributed by atoms with Gasteiger partial charge in [0.15, 0.2) is 0 Å². The van der Waals surface area contributed by atoms with E-state index in [0.717, 1.165) is 0 Å². The van der Waals surface area contributed by atoms with Crippen molar-refractivity contribution in [1.29, 1.82) is 0 Å². The molecule has 0 heterocycles. The zero-order valence-corrected chi connectivity index (χ0v) is 15.4. The normalized spacial score (nSPS) is 12.3. The molecule has 0 fully saturated rings. The maximum atomic E-state index is 14.4. The van der Waals surface area contributed by atoms with Gasteiger partial charge in [0.25, 0.3) is 0 Å². The molecular formula is C16H25FNO4P. The third kappa shape index (κ3) is 4.87. The van der Waals surface area contributed by atoms with Gasteiger partial charge in [0.05, 0.1) is 24.2 Å². The average molecular weight is 345 g/mol. The van der Waals surface area contributed by atoms with Gasteiger partial charge in [-0.3, -0.25) is 9.36 Å². The van der Waals surface area contributed by atoms with Crippen LogP contribution in [-0.2, 0) is 18.4 Å². The molecule has 130 valence electrons. The van der Waals surface area contributed by atoms with Crippen molar-refractivity contribution in [2.24, 2.45) is 5.41 Å². The largest absolute Gasteiger partial charge is 0.363 e. The highest BCUT2D eigenvalue weighted by molar-refractivity contribution is 7.62. The van der Waals surface area contributed by atoms with Crippen LogP contribution < -0.4 is 10.6 Å². The fourth-order valence-corrected chi connectivity index (χ4v) is 3.71. The molecule has 7 heteroatoms. The lowest BCUT2D eigenvalue weighted by Crippen LogP contribution is -2.31. The highest BCUT2D eigenvalue weighted by Gasteiger charge is 2.33. The van der Waals surface area contributed by atoms with Crippen molar-refractivity contribution in [3.05, 3.63) is 23.5 Å². The van der Waals surface area contributed by atoms with Crippen LogP contribution in [0.4, 0.5) is 10.1 Å². The number of carbonyl (C=O) groups is 1. The molecule has 5 nitrogen and oxygen atoms in total. The van der Waals surface area contributed by atoms with Crippen LogP contribution in [0.3, 0.4) is 0 Å². The molecule has 0 aromatic heterocycles. The lowest BCUT2D eigenvalue weighted by atomic mass is 9.95. The van der Waals surface area contributed by atoms with Gasteiger partial charge < -0.3 is 14.4 Å². The molecular weight excluding hydrogens is 320 g/mol. The number of halogens is 1. The number of nitrogens with one attached hydrogen (secondary N) is 1. The van der Waals surface area contributed by atoms with Crippen LogP contribution in [0.25, 0.3) is 0 Å². The molecule has 0 aliphatic carbocycles. The molecule has 0 unspecified atom stereocenters. The average Bonchev–Trinajstić information content (AvgIpc) is 2.40. The van der Waals surface area contributed by atoms with Crippen LogP contribution in [0, 0.1) is 18.2 Å². The Bertz CT molecular complexity index is 615. The number of benzene rings is 1. The Balaban J connectivity index is 3.46.